The molecular formula is C11H15N3O2. The Morgan fingerprint density at radius 2 is 2.31 bits per heavy atom. The van der Waals surface area contributed by atoms with E-state index in [2.05, 4.69) is 5.32 Å². The van der Waals surface area contributed by atoms with Crippen molar-refractivity contribution in [1.82, 2.24) is 4.57 Å². The van der Waals surface area contributed by atoms with Crippen LogP contribution in [0.1, 0.15) is 6.92 Å². The van der Waals surface area contributed by atoms with Gasteiger partial charge in [0.2, 0.25) is 0 Å². The number of hydrogen-bond donors (Lipinski definition) is 2. The maximum atomic E-state index is 11.3. The third-order valence-corrected chi connectivity index (χ3v) is 2.42. The van der Waals surface area contributed by atoms with Crippen LogP contribution in [0.5, 0.6) is 0 Å². The Kier molecular flexibility index (Phi) is 2.70. The number of nitrogens with zero attached hydrogens (tertiary/aromatic N) is 1. The van der Waals surface area contributed by atoms with Crippen molar-refractivity contribution in [1.29, 1.82) is 0 Å². The minimum Gasteiger partial charge on any atom is -0.408 e. The third-order valence-electron chi connectivity index (χ3n) is 2.42. The maximum Gasteiger partial charge on any atom is 0.419 e. The molecule has 1 aromatic carbocycles. The highest BCUT2D eigenvalue weighted by molar-refractivity contribution is 5.77. The molecule has 1 atom stereocenters. The highest BCUT2D eigenvalue weighted by Crippen LogP contribution is 2.17. The molecule has 0 radical (unpaired) electrons. The molecule has 1 heterocycles. The number of aromatic nitrogens is 1. The molecule has 1 aromatic heterocycles. The summed E-state index contributed by atoms with van der Waals surface area (Å²) in [5.41, 5.74) is 7.96. The van der Waals surface area contributed by atoms with Gasteiger partial charge in [-0.25, -0.2) is 4.79 Å². The quantitative estimate of drug-likeness (QED) is 0.807. The monoisotopic (exact) mass is 221 g/mol. The SMILES string of the molecule is CC(N)CNc1ccc2oc(=O)n(C)c2c1. The zero-order valence-electron chi connectivity index (χ0n) is 9.36. The fourth-order valence-electron chi connectivity index (χ4n) is 1.52. The molecule has 5 heteroatoms. The van der Waals surface area contributed by atoms with Crippen molar-refractivity contribution in [3.8, 4) is 0 Å². The first-order chi connectivity index (χ1) is 7.58. The fourth-order valence-corrected chi connectivity index (χ4v) is 1.52. The van der Waals surface area contributed by atoms with Crippen molar-refractivity contribution < 1.29 is 4.42 Å². The second kappa shape index (κ2) is 4.02. The lowest BCUT2D eigenvalue weighted by Gasteiger charge is -2.08. The first kappa shape index (κ1) is 10.8. The molecule has 0 aliphatic heterocycles. The van der Waals surface area contributed by atoms with Crippen LogP contribution in [0.4, 0.5) is 5.69 Å². The second-order valence-corrected chi connectivity index (χ2v) is 3.97. The average Bonchev–Trinajstić information content (AvgIpc) is 2.52. The van der Waals surface area contributed by atoms with Gasteiger partial charge in [-0.15, -0.1) is 0 Å². The second-order valence-electron chi connectivity index (χ2n) is 3.97. The van der Waals surface area contributed by atoms with Crippen LogP contribution in [0.25, 0.3) is 11.1 Å². The standard InChI is InChI=1S/C11H15N3O2/c1-7(12)6-13-8-3-4-10-9(5-8)14(2)11(15)16-10/h3-5,7,13H,6,12H2,1-2H3. The number of benzene rings is 1. The minimum absolute atomic E-state index is 0.0869. The summed E-state index contributed by atoms with van der Waals surface area (Å²) in [5, 5.41) is 3.19. The van der Waals surface area contributed by atoms with Crippen molar-refractivity contribution >= 4 is 16.8 Å². The van der Waals surface area contributed by atoms with Crippen LogP contribution in [0.15, 0.2) is 27.4 Å². The van der Waals surface area contributed by atoms with Gasteiger partial charge in [-0.1, -0.05) is 0 Å². The van der Waals surface area contributed by atoms with Crippen molar-refractivity contribution in [3.05, 3.63) is 28.7 Å². The zero-order valence-corrected chi connectivity index (χ0v) is 9.36. The summed E-state index contributed by atoms with van der Waals surface area (Å²) in [7, 11) is 1.68. The molecule has 0 bridgehead atoms. The fraction of sp³-hybridized carbons (Fsp3) is 0.364. The van der Waals surface area contributed by atoms with Gasteiger partial charge < -0.3 is 15.5 Å². The first-order valence-corrected chi connectivity index (χ1v) is 5.17. The van der Waals surface area contributed by atoms with Gasteiger partial charge in [0.15, 0.2) is 5.58 Å². The van der Waals surface area contributed by atoms with Crippen molar-refractivity contribution in [3.63, 3.8) is 0 Å². The molecule has 16 heavy (non-hydrogen) atoms. The van der Waals surface area contributed by atoms with Crippen molar-refractivity contribution in [2.75, 3.05) is 11.9 Å². The lowest BCUT2D eigenvalue weighted by molar-refractivity contribution is 0.528. The summed E-state index contributed by atoms with van der Waals surface area (Å²) in [5.74, 6) is -0.348. The van der Waals surface area contributed by atoms with Gasteiger partial charge in [-0.05, 0) is 25.1 Å². The van der Waals surface area contributed by atoms with E-state index in [1.165, 1.54) is 4.57 Å². The van der Waals surface area contributed by atoms with E-state index in [1.54, 1.807) is 13.1 Å². The van der Waals surface area contributed by atoms with E-state index in [4.69, 9.17) is 10.2 Å². The average molecular weight is 221 g/mol. The van der Waals surface area contributed by atoms with Gasteiger partial charge in [-0.3, -0.25) is 4.57 Å². The van der Waals surface area contributed by atoms with Crippen LogP contribution in [0.2, 0.25) is 0 Å². The Morgan fingerprint density at radius 1 is 1.56 bits per heavy atom. The van der Waals surface area contributed by atoms with Gasteiger partial charge in [0, 0.05) is 25.3 Å². The predicted octanol–water partition coefficient (Wildman–Crippen LogP) is 0.891. The van der Waals surface area contributed by atoms with E-state index >= 15 is 0 Å². The van der Waals surface area contributed by atoms with E-state index in [-0.39, 0.29) is 11.8 Å². The van der Waals surface area contributed by atoms with E-state index < -0.39 is 0 Å². The molecular weight excluding hydrogens is 206 g/mol. The minimum atomic E-state index is -0.348. The molecule has 2 rings (SSSR count). The third kappa shape index (κ3) is 1.94. The van der Waals surface area contributed by atoms with Crippen LogP contribution in [0.3, 0.4) is 0 Å². The Balaban J connectivity index is 2.35. The number of hydrogen-bond acceptors (Lipinski definition) is 4. The molecule has 0 fully saturated rings. The molecule has 0 spiro atoms. The molecule has 0 saturated heterocycles. The number of rotatable bonds is 3. The van der Waals surface area contributed by atoms with Crippen LogP contribution in [0, 0.1) is 0 Å². The Labute approximate surface area is 92.8 Å². The van der Waals surface area contributed by atoms with Gasteiger partial charge in [0.25, 0.3) is 0 Å². The number of fused-ring (bicyclic) bond motifs is 1. The summed E-state index contributed by atoms with van der Waals surface area (Å²) in [6.45, 7) is 2.62. The molecule has 2 aromatic rings. The lowest BCUT2D eigenvalue weighted by atomic mass is 10.2. The molecule has 5 nitrogen and oxygen atoms in total. The van der Waals surface area contributed by atoms with Gasteiger partial charge in [-0.2, -0.15) is 0 Å². The molecule has 3 N–H and O–H groups in total. The van der Waals surface area contributed by atoms with E-state index in [1.807, 2.05) is 19.1 Å². The molecule has 0 aliphatic rings. The van der Waals surface area contributed by atoms with Gasteiger partial charge in [0.1, 0.15) is 0 Å². The predicted molar refractivity (Wildman–Crippen MR) is 63.6 cm³/mol. The molecule has 0 aliphatic carbocycles. The van der Waals surface area contributed by atoms with Crippen LogP contribution < -0.4 is 16.8 Å². The molecule has 1 unspecified atom stereocenters. The highest BCUT2D eigenvalue weighted by atomic mass is 16.4. The van der Waals surface area contributed by atoms with E-state index in [0.29, 0.717) is 12.1 Å². The Hall–Kier alpha value is -1.75. The number of aryl methyl sites for hydroxylation is 1. The summed E-state index contributed by atoms with van der Waals surface area (Å²) < 4.78 is 6.51. The highest BCUT2D eigenvalue weighted by Gasteiger charge is 2.06. The summed E-state index contributed by atoms with van der Waals surface area (Å²) in [6, 6.07) is 5.61. The van der Waals surface area contributed by atoms with Gasteiger partial charge >= 0.3 is 5.76 Å². The normalized spacial score (nSPS) is 12.9. The number of anilines is 1. The Morgan fingerprint density at radius 3 is 3.00 bits per heavy atom. The number of oxazole rings is 1. The first-order valence-electron chi connectivity index (χ1n) is 5.17. The molecule has 0 saturated carbocycles. The molecule has 86 valence electrons. The van der Waals surface area contributed by atoms with Crippen molar-refractivity contribution in [2.24, 2.45) is 12.8 Å². The van der Waals surface area contributed by atoms with Crippen LogP contribution >= 0.6 is 0 Å². The largest absolute Gasteiger partial charge is 0.419 e. The maximum absolute atomic E-state index is 11.3. The van der Waals surface area contributed by atoms with E-state index in [9.17, 15) is 4.79 Å². The smallest absolute Gasteiger partial charge is 0.408 e. The van der Waals surface area contributed by atoms with Gasteiger partial charge in [0.05, 0.1) is 5.52 Å². The van der Waals surface area contributed by atoms with Crippen molar-refractivity contribution in [2.45, 2.75) is 13.0 Å². The molecule has 0 amide bonds. The number of nitrogens with two attached hydrogens (primary N) is 1. The summed E-state index contributed by atoms with van der Waals surface area (Å²) in [6.07, 6.45) is 0. The summed E-state index contributed by atoms with van der Waals surface area (Å²) >= 11 is 0. The topological polar surface area (TPSA) is 73.2 Å². The lowest BCUT2D eigenvalue weighted by Crippen LogP contribution is -2.25. The van der Waals surface area contributed by atoms with Crippen LogP contribution in [-0.4, -0.2) is 17.2 Å². The number of nitrogens with one attached hydrogen (secondary N) is 1. The zero-order chi connectivity index (χ0) is 11.7. The Bertz CT molecular complexity index is 554. The van der Waals surface area contributed by atoms with Crippen LogP contribution in [-0.2, 0) is 7.05 Å². The van der Waals surface area contributed by atoms with E-state index in [0.717, 1.165) is 11.2 Å². The summed E-state index contributed by atoms with van der Waals surface area (Å²) in [4.78, 5) is 11.3.